The van der Waals surface area contributed by atoms with E-state index in [-0.39, 0.29) is 42.7 Å². The summed E-state index contributed by atoms with van der Waals surface area (Å²) in [5, 5.41) is 9.50. The highest BCUT2D eigenvalue weighted by molar-refractivity contribution is 5.72. The van der Waals surface area contributed by atoms with E-state index in [1.807, 2.05) is 27.2 Å². The maximum Gasteiger partial charge on any atom is 0.362 e. The molecule has 0 aromatic carbocycles. The Morgan fingerprint density at radius 3 is 1.95 bits per heavy atom. The predicted octanol–water partition coefficient (Wildman–Crippen LogP) is 6.46. The lowest BCUT2D eigenvalue weighted by Crippen LogP contribution is -2.50. The van der Waals surface area contributed by atoms with Gasteiger partial charge in [0.2, 0.25) is 0 Å². The van der Waals surface area contributed by atoms with Crippen molar-refractivity contribution in [3.8, 4) is 0 Å². The highest BCUT2D eigenvalue weighted by Crippen LogP contribution is 2.11. The molecule has 0 bridgehead atoms. The fourth-order valence-corrected chi connectivity index (χ4v) is 4.22. The molecule has 1 N–H and O–H groups in total. The van der Waals surface area contributed by atoms with E-state index in [2.05, 4.69) is 19.9 Å². The Kier molecular flexibility index (Phi) is 22.7. The van der Waals surface area contributed by atoms with Gasteiger partial charge in [0.25, 0.3) is 0 Å². The smallest absolute Gasteiger partial charge is 0.362 e. The first-order valence-electron chi connectivity index (χ1n) is 15.2. The molecule has 0 aliphatic carbocycles. The Balaban J connectivity index is 4.59. The molecule has 0 aliphatic heterocycles. The molecule has 0 aromatic rings. The molecule has 8 nitrogen and oxygen atoms in total. The van der Waals surface area contributed by atoms with Crippen molar-refractivity contribution >= 4 is 17.9 Å². The van der Waals surface area contributed by atoms with Crippen molar-refractivity contribution in [3.05, 3.63) is 12.2 Å². The van der Waals surface area contributed by atoms with Crippen LogP contribution in [0.3, 0.4) is 0 Å². The average Bonchev–Trinajstić information content (AvgIpc) is 2.86. The first kappa shape index (κ1) is 37.1. The molecule has 0 spiro atoms. The molecule has 0 aromatic heterocycles. The largest absolute Gasteiger partial charge is 0.477 e. The van der Waals surface area contributed by atoms with Gasteiger partial charge in [0.05, 0.1) is 34.4 Å². The van der Waals surface area contributed by atoms with Gasteiger partial charge in [-0.1, -0.05) is 83.8 Å². The number of quaternary nitrogens is 1. The Morgan fingerprint density at radius 2 is 1.33 bits per heavy atom. The molecule has 0 saturated heterocycles. The zero-order valence-corrected chi connectivity index (χ0v) is 25.6. The third kappa shape index (κ3) is 22.6. The number of aliphatic carboxylic acids is 1. The molecular weight excluding hydrogens is 498 g/mol. The maximum atomic E-state index is 12.4. The molecular formula is C31H58NO7+. The van der Waals surface area contributed by atoms with Gasteiger partial charge in [-0.3, -0.25) is 9.59 Å². The maximum absolute atomic E-state index is 12.4. The van der Waals surface area contributed by atoms with E-state index in [0.29, 0.717) is 19.3 Å². The van der Waals surface area contributed by atoms with E-state index in [0.717, 1.165) is 32.1 Å². The summed E-state index contributed by atoms with van der Waals surface area (Å²) in [5.41, 5.74) is 0. The molecule has 0 amide bonds. The molecule has 8 heteroatoms. The number of carbonyl (C=O) groups is 3. The molecule has 0 heterocycles. The number of ether oxygens (including phenoxy) is 3. The minimum atomic E-state index is -0.883. The fraction of sp³-hybridized carbons (Fsp3) is 0.839. The highest BCUT2D eigenvalue weighted by Gasteiger charge is 2.31. The van der Waals surface area contributed by atoms with Crippen LogP contribution in [0.5, 0.6) is 0 Å². The molecule has 0 radical (unpaired) electrons. The summed E-state index contributed by atoms with van der Waals surface area (Å²) in [6.45, 7) is 4.57. The molecule has 0 aliphatic rings. The summed E-state index contributed by atoms with van der Waals surface area (Å²) < 4.78 is 16.9. The van der Waals surface area contributed by atoms with Crippen molar-refractivity contribution in [2.24, 2.45) is 0 Å². The Bertz CT molecular complexity index is 672. The van der Waals surface area contributed by atoms with Crippen molar-refractivity contribution in [1.82, 2.24) is 0 Å². The first-order chi connectivity index (χ1) is 18.6. The van der Waals surface area contributed by atoms with Crippen LogP contribution in [0.25, 0.3) is 0 Å². The number of carboxylic acids is 1. The van der Waals surface area contributed by atoms with Crippen LogP contribution in [0, 0.1) is 0 Å². The van der Waals surface area contributed by atoms with Gasteiger partial charge < -0.3 is 23.8 Å². The number of hydrogen-bond acceptors (Lipinski definition) is 6. The second-order valence-electron chi connectivity index (χ2n) is 11.4. The standard InChI is InChI=1S/C31H57NO7/c1-6-8-10-12-14-16-18-20-22-30(34)39-27(25-37-24-23-28(31(35)36)32(3,4)5)26-38-29(33)21-19-17-15-13-11-9-7-2/h16,18,27-28H,6-15,17,19-26H2,1-5H3/p+1/b18-16+. The van der Waals surface area contributed by atoms with Crippen LogP contribution in [0.15, 0.2) is 12.2 Å². The third-order valence-corrected chi connectivity index (χ3v) is 6.68. The summed E-state index contributed by atoms with van der Waals surface area (Å²) in [6.07, 6.45) is 18.6. The average molecular weight is 557 g/mol. The van der Waals surface area contributed by atoms with Crippen molar-refractivity contribution in [1.29, 1.82) is 0 Å². The summed E-state index contributed by atoms with van der Waals surface area (Å²) in [7, 11) is 5.48. The molecule has 0 rings (SSSR count). The minimum Gasteiger partial charge on any atom is -0.477 e. The van der Waals surface area contributed by atoms with Gasteiger partial charge in [-0.2, -0.15) is 0 Å². The van der Waals surface area contributed by atoms with E-state index in [9.17, 15) is 19.5 Å². The van der Waals surface area contributed by atoms with Crippen molar-refractivity contribution in [2.75, 3.05) is 41.0 Å². The van der Waals surface area contributed by atoms with Crippen LogP contribution in [-0.4, -0.2) is 80.6 Å². The van der Waals surface area contributed by atoms with Crippen LogP contribution >= 0.6 is 0 Å². The molecule has 0 saturated carbocycles. The van der Waals surface area contributed by atoms with Gasteiger partial charge >= 0.3 is 17.9 Å². The van der Waals surface area contributed by atoms with Gasteiger partial charge in [-0.05, 0) is 25.7 Å². The van der Waals surface area contributed by atoms with E-state index >= 15 is 0 Å². The predicted molar refractivity (Wildman–Crippen MR) is 155 cm³/mol. The lowest BCUT2D eigenvalue weighted by molar-refractivity contribution is -0.887. The normalized spacial score (nSPS) is 13.4. The zero-order valence-electron chi connectivity index (χ0n) is 25.6. The zero-order chi connectivity index (χ0) is 29.4. The molecule has 2 unspecified atom stereocenters. The fourth-order valence-electron chi connectivity index (χ4n) is 4.22. The number of unbranched alkanes of at least 4 members (excludes halogenated alkanes) is 10. The van der Waals surface area contributed by atoms with Gasteiger partial charge in [-0.25, -0.2) is 4.79 Å². The van der Waals surface area contributed by atoms with Gasteiger partial charge in [-0.15, -0.1) is 0 Å². The lowest BCUT2D eigenvalue weighted by Gasteiger charge is -2.31. The molecule has 39 heavy (non-hydrogen) atoms. The van der Waals surface area contributed by atoms with Crippen LogP contribution < -0.4 is 0 Å². The second kappa shape index (κ2) is 23.9. The quantitative estimate of drug-likeness (QED) is 0.0565. The van der Waals surface area contributed by atoms with Crippen molar-refractivity contribution < 1.29 is 38.2 Å². The number of likely N-dealkylation sites (N-methyl/N-ethyl adjacent to an activating group) is 1. The van der Waals surface area contributed by atoms with Crippen LogP contribution in [0.2, 0.25) is 0 Å². The second-order valence-corrected chi connectivity index (χ2v) is 11.4. The summed E-state index contributed by atoms with van der Waals surface area (Å²) in [6, 6.07) is -0.612. The number of esters is 2. The van der Waals surface area contributed by atoms with Crippen LogP contribution in [0.4, 0.5) is 0 Å². The monoisotopic (exact) mass is 556 g/mol. The number of carbonyl (C=O) groups excluding carboxylic acids is 2. The number of rotatable bonds is 26. The highest BCUT2D eigenvalue weighted by atomic mass is 16.6. The topological polar surface area (TPSA) is 99.1 Å². The van der Waals surface area contributed by atoms with Crippen molar-refractivity contribution in [3.63, 3.8) is 0 Å². The Labute approximate surface area is 238 Å². The third-order valence-electron chi connectivity index (χ3n) is 6.68. The number of nitrogens with zero attached hydrogens (tertiary/aromatic N) is 1. The van der Waals surface area contributed by atoms with Crippen LogP contribution in [0.1, 0.15) is 117 Å². The number of allylic oxidation sites excluding steroid dienone is 2. The van der Waals surface area contributed by atoms with E-state index in [1.54, 1.807) is 0 Å². The van der Waals surface area contributed by atoms with E-state index < -0.39 is 18.1 Å². The van der Waals surface area contributed by atoms with E-state index in [4.69, 9.17) is 14.2 Å². The molecule has 2 atom stereocenters. The lowest BCUT2D eigenvalue weighted by atomic mass is 10.1. The first-order valence-corrected chi connectivity index (χ1v) is 15.2. The summed E-state index contributed by atoms with van der Waals surface area (Å²) >= 11 is 0. The van der Waals surface area contributed by atoms with Gasteiger partial charge in [0.15, 0.2) is 12.1 Å². The minimum absolute atomic E-state index is 0.0488. The van der Waals surface area contributed by atoms with Gasteiger partial charge in [0, 0.05) is 19.3 Å². The van der Waals surface area contributed by atoms with Gasteiger partial charge in [0.1, 0.15) is 6.61 Å². The SMILES string of the molecule is CCCCCC/C=C/CCC(=O)OC(COCCC(C(=O)O)[N+](C)(C)C)COC(=O)CCCCCCCCC. The summed E-state index contributed by atoms with van der Waals surface area (Å²) in [4.78, 5) is 36.2. The Hall–Kier alpha value is -1.93. The molecule has 228 valence electrons. The van der Waals surface area contributed by atoms with Crippen LogP contribution in [-0.2, 0) is 28.6 Å². The number of hydrogen-bond donors (Lipinski definition) is 1. The molecule has 0 fully saturated rings. The Morgan fingerprint density at radius 1 is 0.744 bits per heavy atom. The van der Waals surface area contributed by atoms with Crippen molar-refractivity contribution in [2.45, 2.75) is 129 Å². The summed E-state index contributed by atoms with van der Waals surface area (Å²) in [5.74, 6) is -1.55. The van der Waals surface area contributed by atoms with E-state index in [1.165, 1.54) is 44.9 Å². The number of carboxylic acid groups (broad SMARTS) is 1.